The topological polar surface area (TPSA) is 93.6 Å². The highest BCUT2D eigenvalue weighted by molar-refractivity contribution is 5.90. The lowest BCUT2D eigenvalue weighted by molar-refractivity contribution is -0.119. The number of nitrogens with one attached hydrogen (secondary N) is 1. The third-order valence-corrected chi connectivity index (χ3v) is 3.84. The predicted octanol–water partition coefficient (Wildman–Crippen LogP) is 1.75. The molecule has 8 nitrogen and oxygen atoms in total. The third-order valence-electron chi connectivity index (χ3n) is 3.84. The number of cyclic esters (lactones) is 1. The molecule has 2 heterocycles. The molecule has 136 valence electrons. The maximum atomic E-state index is 14.5. The van der Waals surface area contributed by atoms with Crippen molar-refractivity contribution in [1.82, 2.24) is 15.3 Å². The van der Waals surface area contributed by atoms with Crippen LogP contribution in [0.3, 0.4) is 0 Å². The number of hydrogen-bond donors (Lipinski definition) is 1. The zero-order chi connectivity index (χ0) is 18.7. The van der Waals surface area contributed by atoms with Crippen molar-refractivity contribution in [3.63, 3.8) is 0 Å². The molecule has 3 rings (SSSR count). The molecule has 1 atom stereocenters. The van der Waals surface area contributed by atoms with Crippen molar-refractivity contribution in [3.8, 4) is 17.1 Å². The van der Waals surface area contributed by atoms with E-state index in [0.29, 0.717) is 16.8 Å². The number of carbonyl (C=O) groups excluding carboxylic acids is 2. The summed E-state index contributed by atoms with van der Waals surface area (Å²) in [7, 11) is 1.44. The smallest absolute Gasteiger partial charge is 0.414 e. The van der Waals surface area contributed by atoms with Gasteiger partial charge in [-0.3, -0.25) is 9.69 Å². The summed E-state index contributed by atoms with van der Waals surface area (Å²) in [4.78, 5) is 32.2. The molecule has 2 amide bonds. The van der Waals surface area contributed by atoms with Crippen LogP contribution in [0.1, 0.15) is 6.92 Å². The van der Waals surface area contributed by atoms with Gasteiger partial charge in [0.2, 0.25) is 5.91 Å². The normalized spacial score (nSPS) is 16.3. The fourth-order valence-corrected chi connectivity index (χ4v) is 2.56. The van der Waals surface area contributed by atoms with E-state index in [4.69, 9.17) is 9.47 Å². The van der Waals surface area contributed by atoms with E-state index >= 15 is 0 Å². The number of hydrogen-bond acceptors (Lipinski definition) is 6. The van der Waals surface area contributed by atoms with Crippen LogP contribution in [0.25, 0.3) is 11.1 Å². The van der Waals surface area contributed by atoms with E-state index in [1.807, 2.05) is 0 Å². The van der Waals surface area contributed by atoms with E-state index in [9.17, 15) is 14.0 Å². The van der Waals surface area contributed by atoms with Gasteiger partial charge >= 0.3 is 12.1 Å². The number of anilines is 1. The number of ether oxygens (including phenoxy) is 2. The molecule has 9 heteroatoms. The van der Waals surface area contributed by atoms with Gasteiger partial charge in [-0.2, -0.15) is 0 Å². The number of aromatic nitrogens is 2. The van der Waals surface area contributed by atoms with E-state index in [2.05, 4.69) is 15.3 Å². The Morgan fingerprint density at radius 3 is 2.77 bits per heavy atom. The maximum Gasteiger partial charge on any atom is 0.414 e. The molecular weight excluding hydrogens is 343 g/mol. The number of halogens is 1. The minimum Gasteiger partial charge on any atom is -0.467 e. The van der Waals surface area contributed by atoms with Crippen molar-refractivity contribution in [1.29, 1.82) is 0 Å². The maximum absolute atomic E-state index is 14.5. The first-order chi connectivity index (χ1) is 12.5. The summed E-state index contributed by atoms with van der Waals surface area (Å²) in [6.07, 6.45) is 1.85. The molecule has 0 spiro atoms. The van der Waals surface area contributed by atoms with Crippen LogP contribution in [0.15, 0.2) is 30.6 Å². The molecule has 2 aromatic rings. The molecule has 0 bridgehead atoms. The molecule has 0 aliphatic carbocycles. The molecule has 0 radical (unpaired) electrons. The summed E-state index contributed by atoms with van der Waals surface area (Å²) in [5.41, 5.74) is 1.16. The van der Waals surface area contributed by atoms with E-state index in [0.717, 1.165) is 0 Å². The van der Waals surface area contributed by atoms with Gasteiger partial charge in [-0.25, -0.2) is 19.2 Å². The lowest BCUT2D eigenvalue weighted by Crippen LogP contribution is -2.33. The molecule has 1 aliphatic rings. The molecule has 1 fully saturated rings. The van der Waals surface area contributed by atoms with E-state index in [-0.39, 0.29) is 25.0 Å². The lowest BCUT2D eigenvalue weighted by Gasteiger charge is -2.14. The molecular formula is C17H17FN4O4. The first kappa shape index (κ1) is 17.6. The highest BCUT2D eigenvalue weighted by atomic mass is 19.1. The van der Waals surface area contributed by atoms with Crippen LogP contribution in [0, 0.1) is 5.82 Å². The van der Waals surface area contributed by atoms with Crippen molar-refractivity contribution < 1.29 is 23.5 Å². The number of methoxy groups -OCH3 is 1. The summed E-state index contributed by atoms with van der Waals surface area (Å²) < 4.78 is 24.6. The Morgan fingerprint density at radius 2 is 2.15 bits per heavy atom. The summed E-state index contributed by atoms with van der Waals surface area (Å²) in [5, 5.41) is 2.59. The SMILES string of the molecule is COc1ncc(-c2ccc(N3C[C@H](CNC(C)=O)OC3=O)cc2F)cn1. The Labute approximate surface area is 149 Å². The molecule has 1 aromatic carbocycles. The van der Waals surface area contributed by atoms with Crippen LogP contribution in [0.2, 0.25) is 0 Å². The number of nitrogens with zero attached hydrogens (tertiary/aromatic N) is 3. The second-order valence-electron chi connectivity index (χ2n) is 5.68. The number of benzene rings is 1. The first-order valence-electron chi connectivity index (χ1n) is 7.86. The van der Waals surface area contributed by atoms with Crippen molar-refractivity contribution in [3.05, 3.63) is 36.4 Å². The lowest BCUT2D eigenvalue weighted by atomic mass is 10.1. The molecule has 1 N–H and O–H groups in total. The van der Waals surface area contributed by atoms with Gasteiger partial charge in [-0.15, -0.1) is 0 Å². The molecule has 1 saturated heterocycles. The summed E-state index contributed by atoms with van der Waals surface area (Å²) >= 11 is 0. The van der Waals surface area contributed by atoms with Gasteiger partial charge in [0, 0.05) is 30.4 Å². The quantitative estimate of drug-likeness (QED) is 0.873. The van der Waals surface area contributed by atoms with Gasteiger partial charge < -0.3 is 14.8 Å². The molecule has 1 aliphatic heterocycles. The fourth-order valence-electron chi connectivity index (χ4n) is 2.56. The highest BCUT2D eigenvalue weighted by Crippen LogP contribution is 2.28. The van der Waals surface area contributed by atoms with Gasteiger partial charge in [0.15, 0.2) is 0 Å². The standard InChI is InChI=1S/C17H17FN4O4/c1-10(23)19-8-13-9-22(17(24)26-13)12-3-4-14(15(18)5-12)11-6-20-16(25-2)21-7-11/h3-7,13H,8-9H2,1-2H3,(H,19,23)/t13-/m0/s1. The molecule has 0 saturated carbocycles. The van der Waals surface area contributed by atoms with Crippen molar-refractivity contribution >= 4 is 17.7 Å². The van der Waals surface area contributed by atoms with Crippen LogP contribution in [-0.2, 0) is 9.53 Å². The molecule has 26 heavy (non-hydrogen) atoms. The molecule has 1 aromatic heterocycles. The Bertz CT molecular complexity index is 828. The second-order valence-corrected chi connectivity index (χ2v) is 5.68. The van der Waals surface area contributed by atoms with E-state index < -0.39 is 18.0 Å². The number of rotatable bonds is 5. The summed E-state index contributed by atoms with van der Waals surface area (Å²) in [5.74, 6) is -0.731. The Balaban J connectivity index is 1.76. The fraction of sp³-hybridized carbons (Fsp3) is 0.294. The average molecular weight is 360 g/mol. The molecule has 0 unspecified atom stereocenters. The number of carbonyl (C=O) groups is 2. The van der Waals surface area contributed by atoms with Gasteiger partial charge in [0.1, 0.15) is 11.9 Å². The van der Waals surface area contributed by atoms with Crippen molar-refractivity contribution in [2.45, 2.75) is 13.0 Å². The average Bonchev–Trinajstić information content (AvgIpc) is 3.01. The van der Waals surface area contributed by atoms with Crippen molar-refractivity contribution in [2.75, 3.05) is 25.1 Å². The zero-order valence-electron chi connectivity index (χ0n) is 14.2. The number of amides is 2. The van der Waals surface area contributed by atoms with Crippen LogP contribution >= 0.6 is 0 Å². The van der Waals surface area contributed by atoms with E-state index in [1.165, 1.54) is 37.4 Å². The Kier molecular flexibility index (Phi) is 4.97. The highest BCUT2D eigenvalue weighted by Gasteiger charge is 2.32. The van der Waals surface area contributed by atoms with Gasteiger partial charge in [-0.05, 0) is 18.2 Å². The van der Waals surface area contributed by atoms with Crippen LogP contribution in [0.4, 0.5) is 14.9 Å². The van der Waals surface area contributed by atoms with Gasteiger partial charge in [-0.1, -0.05) is 0 Å². The van der Waals surface area contributed by atoms with Crippen LogP contribution < -0.4 is 15.0 Å². The van der Waals surface area contributed by atoms with E-state index in [1.54, 1.807) is 12.1 Å². The van der Waals surface area contributed by atoms with Crippen LogP contribution in [-0.4, -0.2) is 48.3 Å². The monoisotopic (exact) mass is 360 g/mol. The predicted molar refractivity (Wildman–Crippen MR) is 90.3 cm³/mol. The zero-order valence-corrected chi connectivity index (χ0v) is 14.2. The third kappa shape index (κ3) is 3.71. The minimum atomic E-state index is -0.583. The Morgan fingerprint density at radius 1 is 1.42 bits per heavy atom. The first-order valence-corrected chi connectivity index (χ1v) is 7.86. The minimum absolute atomic E-state index is 0.191. The van der Waals surface area contributed by atoms with Gasteiger partial charge in [0.25, 0.3) is 0 Å². The second kappa shape index (κ2) is 7.34. The summed E-state index contributed by atoms with van der Waals surface area (Å²) in [6, 6.07) is 4.60. The summed E-state index contributed by atoms with van der Waals surface area (Å²) in [6.45, 7) is 1.82. The largest absolute Gasteiger partial charge is 0.467 e. The van der Waals surface area contributed by atoms with Gasteiger partial charge in [0.05, 0.1) is 25.9 Å². The Hall–Kier alpha value is -3.23. The van der Waals surface area contributed by atoms with Crippen LogP contribution in [0.5, 0.6) is 6.01 Å². The van der Waals surface area contributed by atoms with Crippen molar-refractivity contribution in [2.24, 2.45) is 0 Å².